The molecule has 1 fully saturated rings. The number of hydrogen-bond donors (Lipinski definition) is 0. The molecule has 1 saturated heterocycles. The molecule has 5 rings (SSSR count). The first-order valence-corrected chi connectivity index (χ1v) is 9.15. The second-order valence-electron chi connectivity index (χ2n) is 6.74. The molecule has 134 valence electrons. The van der Waals surface area contributed by atoms with E-state index in [1.807, 2.05) is 41.2 Å². The molecule has 0 saturated carbocycles. The minimum absolute atomic E-state index is 0.340. The summed E-state index contributed by atoms with van der Waals surface area (Å²) < 4.78 is 1.90. The molecule has 1 aliphatic heterocycles. The maximum absolute atomic E-state index is 4.96. The van der Waals surface area contributed by atoms with Gasteiger partial charge in [0.05, 0.1) is 18.1 Å². The molecule has 4 heterocycles. The van der Waals surface area contributed by atoms with E-state index in [4.69, 9.17) is 9.97 Å². The fraction of sp³-hybridized carbons (Fsp3) is 0.250. The van der Waals surface area contributed by atoms with Crippen molar-refractivity contribution in [1.82, 2.24) is 29.7 Å². The maximum atomic E-state index is 4.96. The Morgan fingerprint density at radius 2 is 2.00 bits per heavy atom. The summed E-state index contributed by atoms with van der Waals surface area (Å²) >= 11 is 0. The average molecular weight is 357 g/mol. The molecular weight excluding hydrogens is 338 g/mol. The first kappa shape index (κ1) is 15.9. The molecule has 7 nitrogen and oxygen atoms in total. The van der Waals surface area contributed by atoms with E-state index in [0.717, 1.165) is 48.2 Å². The van der Waals surface area contributed by atoms with Crippen LogP contribution in [-0.4, -0.2) is 42.3 Å². The van der Waals surface area contributed by atoms with E-state index in [2.05, 4.69) is 26.0 Å². The third-order valence-electron chi connectivity index (χ3n) is 5.02. The molecule has 7 heteroatoms. The average Bonchev–Trinajstić information content (AvgIpc) is 3.40. The van der Waals surface area contributed by atoms with E-state index in [1.165, 1.54) is 0 Å². The van der Waals surface area contributed by atoms with Gasteiger partial charge in [0.25, 0.3) is 0 Å². The number of hydrogen-bond acceptors (Lipinski definition) is 6. The van der Waals surface area contributed by atoms with Crippen molar-refractivity contribution in [3.05, 3.63) is 61.4 Å². The van der Waals surface area contributed by atoms with Crippen LogP contribution in [0.25, 0.3) is 22.3 Å². The quantitative estimate of drug-likeness (QED) is 0.559. The Balaban J connectivity index is 1.60. The number of aromatic nitrogens is 6. The van der Waals surface area contributed by atoms with E-state index < -0.39 is 0 Å². The molecule has 1 aliphatic rings. The van der Waals surface area contributed by atoms with Crippen molar-refractivity contribution in [2.75, 3.05) is 11.4 Å². The van der Waals surface area contributed by atoms with Crippen LogP contribution in [0.4, 0.5) is 5.82 Å². The van der Waals surface area contributed by atoms with Crippen molar-refractivity contribution < 1.29 is 0 Å². The smallest absolute Gasteiger partial charge is 0.163 e. The Morgan fingerprint density at radius 3 is 2.85 bits per heavy atom. The van der Waals surface area contributed by atoms with Crippen LogP contribution in [0.2, 0.25) is 0 Å². The SMILES string of the molecule is c1cncc(-c2nc(N3CCC[C@@H]3Cn3cncn3)c3ccccc3n2)c1. The van der Waals surface area contributed by atoms with Gasteiger partial charge in [-0.1, -0.05) is 12.1 Å². The van der Waals surface area contributed by atoms with Crippen molar-refractivity contribution in [3.8, 4) is 11.4 Å². The molecule has 0 unspecified atom stereocenters. The molecule has 1 aromatic carbocycles. The first-order chi connectivity index (χ1) is 13.4. The summed E-state index contributed by atoms with van der Waals surface area (Å²) in [4.78, 5) is 20.4. The zero-order valence-corrected chi connectivity index (χ0v) is 14.8. The molecule has 27 heavy (non-hydrogen) atoms. The van der Waals surface area contributed by atoms with E-state index >= 15 is 0 Å². The summed E-state index contributed by atoms with van der Waals surface area (Å²) in [5.41, 5.74) is 1.88. The number of para-hydroxylation sites is 1. The van der Waals surface area contributed by atoms with Gasteiger partial charge in [0.1, 0.15) is 18.5 Å². The highest BCUT2D eigenvalue weighted by Crippen LogP contribution is 2.32. The topological polar surface area (TPSA) is 72.6 Å². The maximum Gasteiger partial charge on any atom is 0.163 e. The largest absolute Gasteiger partial charge is 0.351 e. The highest BCUT2D eigenvalue weighted by molar-refractivity contribution is 5.91. The molecule has 3 aromatic heterocycles. The van der Waals surface area contributed by atoms with Crippen LogP contribution in [0.3, 0.4) is 0 Å². The van der Waals surface area contributed by atoms with Gasteiger partial charge in [0.2, 0.25) is 0 Å². The standard InChI is InChI=1S/C20H19N7/c1-2-8-18-17(7-1)20(25-19(24-18)15-5-3-9-21-11-15)27-10-4-6-16(27)12-26-14-22-13-23-26/h1-3,5,7-9,11,13-14,16H,4,6,10,12H2/t16-/m1/s1. The van der Waals surface area contributed by atoms with E-state index in [-0.39, 0.29) is 0 Å². The summed E-state index contributed by atoms with van der Waals surface area (Å²) in [5.74, 6) is 1.70. The van der Waals surface area contributed by atoms with Gasteiger partial charge in [-0.2, -0.15) is 5.10 Å². The third-order valence-corrected chi connectivity index (χ3v) is 5.02. The summed E-state index contributed by atoms with van der Waals surface area (Å²) in [6.07, 6.45) is 9.18. The predicted molar refractivity (Wildman–Crippen MR) is 103 cm³/mol. The molecule has 0 amide bonds. The van der Waals surface area contributed by atoms with E-state index in [0.29, 0.717) is 11.9 Å². The second-order valence-corrected chi connectivity index (χ2v) is 6.74. The molecule has 0 aliphatic carbocycles. The predicted octanol–water partition coefficient (Wildman–Crippen LogP) is 2.95. The molecule has 0 radical (unpaired) electrons. The molecule has 0 spiro atoms. The van der Waals surface area contributed by atoms with Gasteiger partial charge in [-0.05, 0) is 37.1 Å². The van der Waals surface area contributed by atoms with Crippen molar-refractivity contribution >= 4 is 16.7 Å². The lowest BCUT2D eigenvalue weighted by atomic mass is 10.1. The number of anilines is 1. The molecule has 4 aromatic rings. The number of nitrogens with zero attached hydrogens (tertiary/aromatic N) is 7. The minimum atomic E-state index is 0.340. The van der Waals surface area contributed by atoms with Gasteiger partial charge in [0.15, 0.2) is 5.82 Å². The first-order valence-electron chi connectivity index (χ1n) is 9.15. The zero-order chi connectivity index (χ0) is 18.1. The van der Waals surface area contributed by atoms with Crippen LogP contribution < -0.4 is 4.90 Å². The van der Waals surface area contributed by atoms with Crippen molar-refractivity contribution in [3.63, 3.8) is 0 Å². The normalized spacial score (nSPS) is 16.9. The monoisotopic (exact) mass is 357 g/mol. The van der Waals surface area contributed by atoms with Crippen molar-refractivity contribution in [1.29, 1.82) is 0 Å². The van der Waals surface area contributed by atoms with Crippen molar-refractivity contribution in [2.24, 2.45) is 0 Å². The fourth-order valence-electron chi connectivity index (χ4n) is 3.75. The lowest BCUT2D eigenvalue weighted by Crippen LogP contribution is -2.34. The Kier molecular flexibility index (Phi) is 3.97. The molecule has 0 bridgehead atoms. The Bertz CT molecular complexity index is 1050. The van der Waals surface area contributed by atoms with Crippen LogP contribution in [0.5, 0.6) is 0 Å². The fourth-order valence-corrected chi connectivity index (χ4v) is 3.75. The van der Waals surface area contributed by atoms with Gasteiger partial charge < -0.3 is 4.90 Å². The summed E-state index contributed by atoms with van der Waals surface area (Å²) in [6.45, 7) is 1.79. The highest BCUT2D eigenvalue weighted by atomic mass is 15.3. The minimum Gasteiger partial charge on any atom is -0.351 e. The zero-order valence-electron chi connectivity index (χ0n) is 14.8. The van der Waals surface area contributed by atoms with Gasteiger partial charge >= 0.3 is 0 Å². The third kappa shape index (κ3) is 3.01. The van der Waals surface area contributed by atoms with Gasteiger partial charge in [-0.3, -0.25) is 9.67 Å². The number of benzene rings is 1. The summed E-state index contributed by atoms with van der Waals surface area (Å²) in [6, 6.07) is 12.5. The van der Waals surface area contributed by atoms with E-state index in [1.54, 1.807) is 18.9 Å². The van der Waals surface area contributed by atoms with Crippen molar-refractivity contribution in [2.45, 2.75) is 25.4 Å². The Labute approximate surface area is 156 Å². The van der Waals surface area contributed by atoms with Crippen LogP contribution >= 0.6 is 0 Å². The number of rotatable bonds is 4. The number of pyridine rings is 1. The summed E-state index contributed by atoms with van der Waals surface area (Å²) in [5, 5.41) is 5.35. The van der Waals surface area contributed by atoms with Crippen LogP contribution in [0.1, 0.15) is 12.8 Å². The lowest BCUT2D eigenvalue weighted by Gasteiger charge is -2.27. The van der Waals surface area contributed by atoms with Gasteiger partial charge in [-0.25, -0.2) is 15.0 Å². The number of fused-ring (bicyclic) bond motifs is 1. The Hall–Kier alpha value is -3.35. The molecule has 0 N–H and O–H groups in total. The Morgan fingerprint density at radius 1 is 1.04 bits per heavy atom. The lowest BCUT2D eigenvalue weighted by molar-refractivity contribution is 0.507. The van der Waals surface area contributed by atoms with Gasteiger partial charge in [-0.15, -0.1) is 0 Å². The van der Waals surface area contributed by atoms with Crippen LogP contribution in [-0.2, 0) is 6.54 Å². The van der Waals surface area contributed by atoms with Crippen LogP contribution in [0, 0.1) is 0 Å². The highest BCUT2D eigenvalue weighted by Gasteiger charge is 2.28. The van der Waals surface area contributed by atoms with Gasteiger partial charge in [0, 0.05) is 29.9 Å². The molecular formula is C20H19N7. The van der Waals surface area contributed by atoms with E-state index in [9.17, 15) is 0 Å². The second kappa shape index (κ2) is 6.75. The van der Waals surface area contributed by atoms with Crippen LogP contribution in [0.15, 0.2) is 61.4 Å². The molecule has 1 atom stereocenters. The summed E-state index contributed by atoms with van der Waals surface area (Å²) in [7, 11) is 0.